The number of nitrogens with one attached hydrogen (secondary N) is 1. The molecule has 17 heavy (non-hydrogen) atoms. The molecule has 2 aliphatic rings. The number of carbonyl (C=O) groups excluding carboxylic acids is 1. The van der Waals surface area contributed by atoms with E-state index >= 15 is 0 Å². The second-order valence-corrected chi connectivity index (χ2v) is 5.79. The van der Waals surface area contributed by atoms with Crippen LogP contribution in [0.4, 0.5) is 0 Å². The van der Waals surface area contributed by atoms with Gasteiger partial charge in [0, 0.05) is 17.9 Å². The van der Waals surface area contributed by atoms with E-state index in [1.807, 2.05) is 0 Å². The van der Waals surface area contributed by atoms with Crippen LogP contribution in [0.2, 0.25) is 0 Å². The first-order valence-electron chi connectivity index (χ1n) is 6.71. The molecule has 0 spiro atoms. The largest absolute Gasteiger partial charge is 0.396 e. The topological polar surface area (TPSA) is 49.3 Å². The number of carbonyl (C=O) groups is 1. The van der Waals surface area contributed by atoms with Crippen LogP contribution in [0.25, 0.3) is 0 Å². The van der Waals surface area contributed by atoms with Crippen molar-refractivity contribution in [2.75, 3.05) is 6.61 Å². The minimum atomic E-state index is -0.110. The van der Waals surface area contributed by atoms with Gasteiger partial charge in [-0.1, -0.05) is 25.5 Å². The fourth-order valence-electron chi connectivity index (χ4n) is 3.03. The third kappa shape index (κ3) is 2.89. The van der Waals surface area contributed by atoms with Gasteiger partial charge >= 0.3 is 0 Å². The normalized spacial score (nSPS) is 36.4. The molecule has 0 radical (unpaired) electrons. The predicted molar refractivity (Wildman–Crippen MR) is 67.5 cm³/mol. The molecular weight excluding hydrogens is 214 g/mol. The summed E-state index contributed by atoms with van der Waals surface area (Å²) in [5.74, 6) is 0.574. The number of hydrogen-bond acceptors (Lipinski definition) is 2. The van der Waals surface area contributed by atoms with Gasteiger partial charge in [-0.05, 0) is 31.6 Å². The van der Waals surface area contributed by atoms with Crippen molar-refractivity contribution >= 4 is 5.91 Å². The molecule has 0 heterocycles. The molecule has 1 saturated carbocycles. The highest BCUT2D eigenvalue weighted by molar-refractivity contribution is 5.77. The van der Waals surface area contributed by atoms with E-state index in [2.05, 4.69) is 24.4 Å². The fraction of sp³-hybridized carbons (Fsp3) is 0.786. The van der Waals surface area contributed by atoms with Gasteiger partial charge in [-0.15, -0.1) is 0 Å². The van der Waals surface area contributed by atoms with Crippen molar-refractivity contribution in [3.63, 3.8) is 0 Å². The molecule has 0 aromatic carbocycles. The molecule has 0 unspecified atom stereocenters. The fourth-order valence-corrected chi connectivity index (χ4v) is 3.03. The minimum Gasteiger partial charge on any atom is -0.396 e. The van der Waals surface area contributed by atoms with Crippen LogP contribution in [-0.2, 0) is 4.79 Å². The van der Waals surface area contributed by atoms with Gasteiger partial charge in [0.05, 0.1) is 6.61 Å². The molecular formula is C14H23NO2. The zero-order chi connectivity index (χ0) is 12.3. The van der Waals surface area contributed by atoms with Crippen LogP contribution in [-0.4, -0.2) is 23.7 Å². The monoisotopic (exact) mass is 237 g/mol. The maximum atomic E-state index is 11.9. The van der Waals surface area contributed by atoms with E-state index in [9.17, 15) is 9.90 Å². The molecule has 1 amide bonds. The summed E-state index contributed by atoms with van der Waals surface area (Å²) in [5.41, 5.74) is -0.110. The van der Waals surface area contributed by atoms with Crippen LogP contribution in [0.5, 0.6) is 0 Å². The Kier molecular flexibility index (Phi) is 3.87. The molecule has 2 aliphatic carbocycles. The number of aliphatic hydroxyl groups is 1. The molecule has 2 rings (SSSR count). The highest BCUT2D eigenvalue weighted by atomic mass is 16.3. The number of hydrogen-bond donors (Lipinski definition) is 2. The van der Waals surface area contributed by atoms with Gasteiger partial charge in [-0.3, -0.25) is 4.79 Å². The number of amides is 1. The average molecular weight is 237 g/mol. The molecule has 0 aromatic heterocycles. The summed E-state index contributed by atoms with van der Waals surface area (Å²) in [6.45, 7) is 2.24. The molecule has 3 nitrogen and oxygen atoms in total. The van der Waals surface area contributed by atoms with Crippen molar-refractivity contribution in [3.8, 4) is 0 Å². The zero-order valence-electron chi connectivity index (χ0n) is 10.6. The van der Waals surface area contributed by atoms with Crippen LogP contribution in [0.15, 0.2) is 12.2 Å². The Balaban J connectivity index is 1.83. The molecule has 2 N–H and O–H groups in total. The quantitative estimate of drug-likeness (QED) is 0.735. The Hall–Kier alpha value is -0.830. The van der Waals surface area contributed by atoms with Crippen LogP contribution in [0.3, 0.4) is 0 Å². The van der Waals surface area contributed by atoms with E-state index < -0.39 is 0 Å². The third-order valence-corrected chi connectivity index (χ3v) is 4.34. The first-order valence-corrected chi connectivity index (χ1v) is 6.71. The van der Waals surface area contributed by atoms with E-state index in [0.717, 1.165) is 32.1 Å². The predicted octanol–water partition coefficient (Wildman–Crippen LogP) is 2.01. The first kappa shape index (κ1) is 12.6. The van der Waals surface area contributed by atoms with E-state index in [4.69, 9.17) is 0 Å². The van der Waals surface area contributed by atoms with Crippen LogP contribution in [0.1, 0.15) is 45.4 Å². The summed E-state index contributed by atoms with van der Waals surface area (Å²) < 4.78 is 0. The van der Waals surface area contributed by atoms with Gasteiger partial charge in [0.25, 0.3) is 0 Å². The Morgan fingerprint density at radius 1 is 1.53 bits per heavy atom. The average Bonchev–Trinajstić information content (AvgIpc) is 2.91. The van der Waals surface area contributed by atoms with Gasteiger partial charge in [0.2, 0.25) is 5.91 Å². The smallest absolute Gasteiger partial charge is 0.220 e. The summed E-state index contributed by atoms with van der Waals surface area (Å²) in [6.07, 6.45) is 10.2. The minimum absolute atomic E-state index is 0.110. The van der Waals surface area contributed by atoms with Crippen molar-refractivity contribution in [1.82, 2.24) is 5.32 Å². The summed E-state index contributed by atoms with van der Waals surface area (Å²) in [6, 6.07) is 0.158. The lowest BCUT2D eigenvalue weighted by atomic mass is 9.85. The van der Waals surface area contributed by atoms with Crippen molar-refractivity contribution in [1.29, 1.82) is 0 Å². The Morgan fingerprint density at radius 2 is 2.35 bits per heavy atom. The van der Waals surface area contributed by atoms with Crippen LogP contribution in [0, 0.1) is 11.3 Å². The lowest BCUT2D eigenvalue weighted by Crippen LogP contribution is -2.45. The highest BCUT2D eigenvalue weighted by Crippen LogP contribution is 2.37. The molecule has 0 aliphatic heterocycles. The van der Waals surface area contributed by atoms with Gasteiger partial charge in [-0.25, -0.2) is 0 Å². The summed E-state index contributed by atoms with van der Waals surface area (Å²) >= 11 is 0. The second kappa shape index (κ2) is 5.21. The molecule has 0 bridgehead atoms. The highest BCUT2D eigenvalue weighted by Gasteiger charge is 2.39. The SMILES string of the molecule is C[C@]1(CO)CCC[C@H]1NC(=O)C[C@@H]1C=CCC1. The Morgan fingerprint density at radius 3 is 3.00 bits per heavy atom. The maximum absolute atomic E-state index is 11.9. The van der Waals surface area contributed by atoms with E-state index in [1.54, 1.807) is 0 Å². The molecule has 0 saturated heterocycles. The van der Waals surface area contributed by atoms with Gasteiger partial charge in [0.1, 0.15) is 0 Å². The van der Waals surface area contributed by atoms with Crippen LogP contribution >= 0.6 is 0 Å². The van der Waals surface area contributed by atoms with Gasteiger partial charge < -0.3 is 10.4 Å². The van der Waals surface area contributed by atoms with Gasteiger partial charge in [-0.2, -0.15) is 0 Å². The molecule has 3 atom stereocenters. The number of rotatable bonds is 4. The van der Waals surface area contributed by atoms with Gasteiger partial charge in [0.15, 0.2) is 0 Å². The van der Waals surface area contributed by atoms with Crippen molar-refractivity contribution in [2.24, 2.45) is 11.3 Å². The molecule has 96 valence electrons. The number of allylic oxidation sites excluding steroid dienone is 2. The van der Waals surface area contributed by atoms with E-state index in [-0.39, 0.29) is 24.0 Å². The zero-order valence-corrected chi connectivity index (χ0v) is 10.6. The summed E-state index contributed by atoms with van der Waals surface area (Å²) in [7, 11) is 0. The lowest BCUT2D eigenvalue weighted by molar-refractivity contribution is -0.123. The molecule has 0 aromatic rings. The standard InChI is InChI=1S/C14H23NO2/c1-14(10-16)8-4-7-12(14)15-13(17)9-11-5-2-3-6-11/h2,5,11-12,16H,3-4,6-10H2,1H3,(H,15,17)/t11-,12-,14-/m1/s1. The van der Waals surface area contributed by atoms with Crippen molar-refractivity contribution in [2.45, 2.75) is 51.5 Å². The molecule has 3 heteroatoms. The van der Waals surface area contributed by atoms with E-state index in [1.165, 1.54) is 0 Å². The third-order valence-electron chi connectivity index (χ3n) is 4.34. The maximum Gasteiger partial charge on any atom is 0.220 e. The van der Waals surface area contributed by atoms with Crippen molar-refractivity contribution < 1.29 is 9.90 Å². The summed E-state index contributed by atoms with van der Waals surface area (Å²) in [5, 5.41) is 12.5. The van der Waals surface area contributed by atoms with E-state index in [0.29, 0.717) is 12.3 Å². The first-order chi connectivity index (χ1) is 8.14. The molecule has 1 fully saturated rings. The lowest BCUT2D eigenvalue weighted by Gasteiger charge is -2.30. The Labute approximate surface area is 103 Å². The number of aliphatic hydroxyl groups excluding tert-OH is 1. The van der Waals surface area contributed by atoms with Crippen molar-refractivity contribution in [3.05, 3.63) is 12.2 Å². The van der Waals surface area contributed by atoms with Crippen LogP contribution < -0.4 is 5.32 Å². The Bertz CT molecular complexity index is 313. The second-order valence-electron chi connectivity index (χ2n) is 5.79. The summed E-state index contributed by atoms with van der Waals surface area (Å²) in [4.78, 5) is 11.9.